The van der Waals surface area contributed by atoms with E-state index in [9.17, 15) is 19.5 Å². The van der Waals surface area contributed by atoms with Crippen molar-refractivity contribution in [2.75, 3.05) is 0 Å². The quantitative estimate of drug-likeness (QED) is 0.847. The number of carbonyl (C=O) groups excluding carboxylic acids is 3. The smallest absolute Gasteiger partial charge is 0.262 e. The van der Waals surface area contributed by atoms with E-state index >= 15 is 0 Å². The van der Waals surface area contributed by atoms with E-state index in [2.05, 4.69) is 0 Å². The fourth-order valence-corrected chi connectivity index (χ4v) is 3.11. The van der Waals surface area contributed by atoms with Gasteiger partial charge in [0.25, 0.3) is 17.7 Å². The van der Waals surface area contributed by atoms with Gasteiger partial charge in [-0.2, -0.15) is 0 Å². The van der Waals surface area contributed by atoms with Gasteiger partial charge in [0.05, 0.1) is 24.8 Å². The molecule has 0 saturated carbocycles. The molecule has 1 aliphatic heterocycles. The maximum Gasteiger partial charge on any atom is 0.262 e. The lowest BCUT2D eigenvalue weighted by atomic mass is 10.0. The van der Waals surface area contributed by atoms with E-state index < -0.39 is 30.3 Å². The van der Waals surface area contributed by atoms with Crippen molar-refractivity contribution in [2.45, 2.75) is 32.9 Å². The van der Waals surface area contributed by atoms with Crippen molar-refractivity contribution in [2.24, 2.45) is 5.92 Å². The number of hydrogen-bond acceptors (Lipinski definition) is 4. The van der Waals surface area contributed by atoms with E-state index in [1.807, 2.05) is 13.8 Å². The lowest BCUT2D eigenvalue weighted by molar-refractivity contribution is 0.0489. The van der Waals surface area contributed by atoms with E-state index in [0.29, 0.717) is 0 Å². The Hall–Kier alpha value is -2.73. The number of benzene rings is 1. The summed E-state index contributed by atoms with van der Waals surface area (Å²) in [7, 11) is 0. The minimum absolute atomic E-state index is 0.0493. The molecule has 3 rings (SSSR count). The molecule has 6 heteroatoms. The summed E-state index contributed by atoms with van der Waals surface area (Å²) in [6.07, 6.45) is 1.72. The molecule has 2 atom stereocenters. The van der Waals surface area contributed by atoms with E-state index in [1.54, 1.807) is 30.3 Å². The van der Waals surface area contributed by atoms with Crippen LogP contribution in [0.15, 0.2) is 42.6 Å². The number of amides is 2. The van der Waals surface area contributed by atoms with Crippen LogP contribution in [-0.2, 0) is 6.58 Å². The summed E-state index contributed by atoms with van der Waals surface area (Å²) in [5, 5.41) is 9.56. The van der Waals surface area contributed by atoms with Crippen LogP contribution < -0.4 is 0 Å². The average molecular weight is 341 g/mol. The highest BCUT2D eigenvalue weighted by molar-refractivity contribution is 6.22. The Bertz CT molecular complexity index is 837. The Balaban J connectivity index is 2.02. The zero-order valence-corrected chi connectivity index (χ0v) is 14.0. The number of nitrogens with zero attached hydrogens (tertiary/aromatic N) is 2. The average Bonchev–Trinajstić information content (AvgIpc) is 3.17. The standard InChI is InChI=1S/C19H20N2O4/c1-12(2)10-16(19(25)20-9-5-6-13(20)11-22)21-17(23)14-7-3-4-8-15(14)18(21)24/h3-9,12,16,22H,10-11H2,1-2H3/t16-/m0/s1/i11D/t11-,16-. The van der Waals surface area contributed by atoms with Crippen LogP contribution in [0, 0.1) is 5.92 Å². The summed E-state index contributed by atoms with van der Waals surface area (Å²) in [6, 6.07) is 8.49. The molecular formula is C19H20N2O4. The molecule has 2 aromatic rings. The monoisotopic (exact) mass is 341 g/mol. The third-order valence-electron chi connectivity index (χ3n) is 4.27. The first-order valence-electron chi connectivity index (χ1n) is 8.69. The number of carbonyl (C=O) groups is 3. The zero-order chi connectivity index (χ0) is 19.0. The normalized spacial score (nSPS) is 16.8. The van der Waals surface area contributed by atoms with Gasteiger partial charge in [-0.1, -0.05) is 26.0 Å². The van der Waals surface area contributed by atoms with Crippen LogP contribution in [-0.4, -0.2) is 38.3 Å². The van der Waals surface area contributed by atoms with Crippen LogP contribution >= 0.6 is 0 Å². The molecular weight excluding hydrogens is 320 g/mol. The molecule has 2 heterocycles. The summed E-state index contributed by atoms with van der Waals surface area (Å²) >= 11 is 0. The molecule has 0 spiro atoms. The van der Waals surface area contributed by atoms with Crippen molar-refractivity contribution >= 4 is 17.7 Å². The minimum atomic E-state index is -1.59. The van der Waals surface area contributed by atoms with Gasteiger partial charge in [0.15, 0.2) is 0 Å². The van der Waals surface area contributed by atoms with Crippen molar-refractivity contribution in [1.29, 1.82) is 0 Å². The zero-order valence-electron chi connectivity index (χ0n) is 15.0. The minimum Gasteiger partial charge on any atom is -0.390 e. The number of aliphatic hydroxyl groups excluding tert-OH is 1. The Kier molecular flexibility index (Phi) is 4.19. The van der Waals surface area contributed by atoms with Gasteiger partial charge in [-0.25, -0.2) is 0 Å². The summed E-state index contributed by atoms with van der Waals surface area (Å²) in [5.74, 6) is -1.46. The molecule has 0 radical (unpaired) electrons. The van der Waals surface area contributed by atoms with Crippen molar-refractivity contribution in [3.63, 3.8) is 0 Å². The van der Waals surface area contributed by atoms with Crippen molar-refractivity contribution in [3.05, 3.63) is 59.4 Å². The first kappa shape index (κ1) is 15.8. The van der Waals surface area contributed by atoms with E-state index in [-0.39, 0.29) is 29.2 Å². The van der Waals surface area contributed by atoms with Gasteiger partial charge < -0.3 is 5.11 Å². The molecule has 6 nitrogen and oxygen atoms in total. The molecule has 130 valence electrons. The Morgan fingerprint density at radius 2 is 1.72 bits per heavy atom. The highest BCUT2D eigenvalue weighted by atomic mass is 16.3. The maximum absolute atomic E-state index is 13.1. The van der Waals surface area contributed by atoms with E-state index in [0.717, 1.165) is 9.47 Å². The third-order valence-corrected chi connectivity index (χ3v) is 4.27. The predicted molar refractivity (Wildman–Crippen MR) is 91.2 cm³/mol. The first-order chi connectivity index (χ1) is 12.3. The fraction of sp³-hybridized carbons (Fsp3) is 0.316. The van der Waals surface area contributed by atoms with Gasteiger partial charge in [0.2, 0.25) is 0 Å². The van der Waals surface area contributed by atoms with Crippen molar-refractivity contribution < 1.29 is 20.9 Å². The van der Waals surface area contributed by atoms with Gasteiger partial charge in [-0.05, 0) is 36.6 Å². The Morgan fingerprint density at radius 1 is 1.12 bits per heavy atom. The third kappa shape index (κ3) is 2.89. The van der Waals surface area contributed by atoms with Crippen LogP contribution in [0.25, 0.3) is 0 Å². The van der Waals surface area contributed by atoms with Crippen LogP contribution in [0.4, 0.5) is 0 Å². The summed E-state index contributed by atoms with van der Waals surface area (Å²) in [6.45, 7) is 2.21. The number of fused-ring (bicyclic) bond motifs is 1. The van der Waals surface area contributed by atoms with Gasteiger partial charge >= 0.3 is 0 Å². The number of aromatic nitrogens is 1. The molecule has 0 aliphatic carbocycles. The Morgan fingerprint density at radius 3 is 2.24 bits per heavy atom. The molecule has 1 aromatic heterocycles. The number of imide groups is 1. The van der Waals surface area contributed by atoms with E-state index in [4.69, 9.17) is 1.37 Å². The van der Waals surface area contributed by atoms with Gasteiger partial charge in [-0.15, -0.1) is 0 Å². The highest BCUT2D eigenvalue weighted by Crippen LogP contribution is 2.28. The topological polar surface area (TPSA) is 79.6 Å². The number of aliphatic hydroxyl groups is 1. The van der Waals surface area contributed by atoms with Gasteiger partial charge in [0, 0.05) is 6.20 Å². The van der Waals surface area contributed by atoms with Crippen molar-refractivity contribution in [3.8, 4) is 0 Å². The molecule has 1 aromatic carbocycles. The highest BCUT2D eigenvalue weighted by Gasteiger charge is 2.43. The number of hydrogen-bond donors (Lipinski definition) is 1. The summed E-state index contributed by atoms with van der Waals surface area (Å²) in [4.78, 5) is 39.7. The lowest BCUT2D eigenvalue weighted by Crippen LogP contribution is -2.47. The maximum atomic E-state index is 13.1. The van der Waals surface area contributed by atoms with Gasteiger partial charge in [-0.3, -0.25) is 23.9 Å². The van der Waals surface area contributed by atoms with Crippen LogP contribution in [0.1, 0.15) is 52.8 Å². The second kappa shape index (κ2) is 6.64. The molecule has 1 aliphatic rings. The second-order valence-electron chi connectivity index (χ2n) is 6.44. The molecule has 25 heavy (non-hydrogen) atoms. The number of rotatable bonds is 5. The lowest BCUT2D eigenvalue weighted by Gasteiger charge is -2.27. The molecule has 0 unspecified atom stereocenters. The fourth-order valence-electron chi connectivity index (χ4n) is 3.11. The SMILES string of the molecule is [2H][C@H](O)c1cccn1C(=O)[C@H](CC(C)C)N1C(=O)c2ccccc2C1=O. The largest absolute Gasteiger partial charge is 0.390 e. The predicted octanol–water partition coefficient (Wildman–Crippen LogP) is 2.33. The second-order valence-corrected chi connectivity index (χ2v) is 6.44. The molecule has 0 bridgehead atoms. The molecule has 1 N–H and O–H groups in total. The molecule has 2 amide bonds. The van der Waals surface area contributed by atoms with E-state index in [1.165, 1.54) is 12.3 Å². The van der Waals surface area contributed by atoms with Crippen LogP contribution in [0.2, 0.25) is 0 Å². The summed E-state index contributed by atoms with van der Waals surface area (Å²) in [5.41, 5.74) is 0.667. The van der Waals surface area contributed by atoms with Gasteiger partial charge in [0.1, 0.15) is 6.04 Å². The molecule has 0 saturated heterocycles. The first-order valence-corrected chi connectivity index (χ1v) is 8.11. The Labute approximate surface area is 147 Å². The molecule has 0 fully saturated rings. The van der Waals surface area contributed by atoms with Crippen LogP contribution in [0.3, 0.4) is 0 Å². The van der Waals surface area contributed by atoms with Crippen LogP contribution in [0.5, 0.6) is 0 Å². The van der Waals surface area contributed by atoms with Crippen molar-refractivity contribution in [1.82, 2.24) is 9.47 Å². The summed E-state index contributed by atoms with van der Waals surface area (Å²) < 4.78 is 8.63.